The van der Waals surface area contributed by atoms with Gasteiger partial charge in [-0.1, -0.05) is 19.9 Å². The predicted octanol–water partition coefficient (Wildman–Crippen LogP) is 3.87. The lowest BCUT2D eigenvalue weighted by molar-refractivity contribution is -0.119. The van der Waals surface area contributed by atoms with Gasteiger partial charge in [-0.2, -0.15) is 0 Å². The summed E-state index contributed by atoms with van der Waals surface area (Å²) in [5.41, 5.74) is 3.52. The third-order valence-electron chi connectivity index (χ3n) is 4.09. The first-order valence-corrected chi connectivity index (χ1v) is 8.67. The maximum atomic E-state index is 12.1. The molecule has 3 rings (SSSR count). The maximum Gasteiger partial charge on any atom is 0.248 e. The molecule has 26 heavy (non-hydrogen) atoms. The van der Waals surface area contributed by atoms with Crippen LogP contribution in [0, 0.1) is 5.92 Å². The van der Waals surface area contributed by atoms with E-state index in [4.69, 9.17) is 4.74 Å². The van der Waals surface area contributed by atoms with Crippen LogP contribution < -0.4 is 15.4 Å². The largest absolute Gasteiger partial charge is 0.493 e. The van der Waals surface area contributed by atoms with Crippen LogP contribution in [0.5, 0.6) is 5.75 Å². The second-order valence-corrected chi connectivity index (χ2v) is 6.51. The van der Waals surface area contributed by atoms with Gasteiger partial charge in [0.15, 0.2) is 0 Å². The van der Waals surface area contributed by atoms with Crippen molar-refractivity contribution in [2.45, 2.75) is 20.3 Å². The van der Waals surface area contributed by atoms with E-state index in [2.05, 4.69) is 10.6 Å². The molecule has 5 nitrogen and oxygen atoms in total. The topological polar surface area (TPSA) is 67.4 Å². The molecule has 0 aromatic heterocycles. The highest BCUT2D eigenvalue weighted by molar-refractivity contribution is 6.02. The van der Waals surface area contributed by atoms with E-state index in [0.29, 0.717) is 11.4 Å². The fourth-order valence-electron chi connectivity index (χ4n) is 2.59. The summed E-state index contributed by atoms with van der Waals surface area (Å²) in [6.45, 7) is 4.39. The molecular weight excluding hydrogens is 328 g/mol. The zero-order chi connectivity index (χ0) is 18.5. The third-order valence-corrected chi connectivity index (χ3v) is 4.09. The van der Waals surface area contributed by atoms with Crippen molar-refractivity contribution < 1.29 is 14.3 Å². The molecule has 0 radical (unpaired) electrons. The predicted molar refractivity (Wildman–Crippen MR) is 103 cm³/mol. The molecule has 0 bridgehead atoms. The smallest absolute Gasteiger partial charge is 0.248 e. The van der Waals surface area contributed by atoms with Crippen molar-refractivity contribution in [3.05, 3.63) is 59.7 Å². The molecule has 0 aliphatic carbocycles. The molecule has 2 amide bonds. The maximum absolute atomic E-state index is 12.1. The summed E-state index contributed by atoms with van der Waals surface area (Å²) in [4.78, 5) is 23.7. The summed E-state index contributed by atoms with van der Waals surface area (Å²) in [5, 5.41) is 5.62. The van der Waals surface area contributed by atoms with Gasteiger partial charge in [0.2, 0.25) is 11.8 Å². The van der Waals surface area contributed by atoms with Crippen molar-refractivity contribution in [1.82, 2.24) is 0 Å². The van der Waals surface area contributed by atoms with E-state index < -0.39 is 0 Å². The number of anilines is 2. The second kappa shape index (κ2) is 7.87. The van der Waals surface area contributed by atoms with Crippen molar-refractivity contribution in [1.29, 1.82) is 0 Å². The molecule has 0 saturated carbocycles. The Morgan fingerprint density at radius 3 is 2.42 bits per heavy atom. The minimum Gasteiger partial charge on any atom is -0.493 e. The molecule has 0 atom stereocenters. The minimum absolute atomic E-state index is 0.0375. The van der Waals surface area contributed by atoms with Gasteiger partial charge in [-0.15, -0.1) is 0 Å². The van der Waals surface area contributed by atoms with Crippen LogP contribution in [0.25, 0.3) is 6.08 Å². The van der Waals surface area contributed by atoms with Gasteiger partial charge < -0.3 is 15.4 Å². The first kappa shape index (κ1) is 17.7. The van der Waals surface area contributed by atoms with Gasteiger partial charge in [-0.05, 0) is 53.6 Å². The fourth-order valence-corrected chi connectivity index (χ4v) is 2.59. The van der Waals surface area contributed by atoms with E-state index in [1.165, 1.54) is 11.6 Å². The number of rotatable bonds is 5. The van der Waals surface area contributed by atoms with Crippen LogP contribution in [-0.4, -0.2) is 18.4 Å². The van der Waals surface area contributed by atoms with Crippen LogP contribution in [0.4, 0.5) is 11.4 Å². The molecule has 0 spiro atoms. The first-order valence-electron chi connectivity index (χ1n) is 8.67. The van der Waals surface area contributed by atoms with E-state index >= 15 is 0 Å². The van der Waals surface area contributed by atoms with Crippen molar-refractivity contribution in [2.24, 2.45) is 5.92 Å². The summed E-state index contributed by atoms with van der Waals surface area (Å²) >= 11 is 0. The van der Waals surface area contributed by atoms with Crippen molar-refractivity contribution >= 4 is 29.3 Å². The second-order valence-electron chi connectivity index (χ2n) is 6.51. The molecule has 1 aliphatic heterocycles. The van der Waals surface area contributed by atoms with E-state index in [1.54, 1.807) is 30.3 Å². The zero-order valence-corrected chi connectivity index (χ0v) is 14.9. The molecule has 0 saturated heterocycles. The molecule has 2 aromatic rings. The molecule has 134 valence electrons. The van der Waals surface area contributed by atoms with Gasteiger partial charge in [-0.25, -0.2) is 0 Å². The van der Waals surface area contributed by atoms with Crippen LogP contribution in [0.15, 0.2) is 48.5 Å². The summed E-state index contributed by atoms with van der Waals surface area (Å²) in [6, 6.07) is 12.9. The average Bonchev–Trinajstić information content (AvgIpc) is 3.09. The van der Waals surface area contributed by atoms with Gasteiger partial charge in [-0.3, -0.25) is 9.59 Å². The lowest BCUT2D eigenvalue weighted by atomic mass is 10.1. The Balaban J connectivity index is 1.57. The highest BCUT2D eigenvalue weighted by Crippen LogP contribution is 2.26. The highest BCUT2D eigenvalue weighted by atomic mass is 16.5. The lowest BCUT2D eigenvalue weighted by Gasteiger charge is -2.08. The monoisotopic (exact) mass is 350 g/mol. The zero-order valence-electron chi connectivity index (χ0n) is 14.9. The standard InChI is InChI=1S/C21H22N2O3/c1-14(2)21(25)23-18-7-5-17(6-8-18)22-20(24)10-4-15-3-9-19-16(13-15)11-12-26-19/h3-10,13-14H,11-12H2,1-2H3,(H,22,24)(H,23,25)/b10-4+. The first-order chi connectivity index (χ1) is 12.5. The Morgan fingerprint density at radius 1 is 1.04 bits per heavy atom. The Kier molecular flexibility index (Phi) is 5.37. The molecule has 2 aromatic carbocycles. The molecule has 1 aliphatic rings. The average molecular weight is 350 g/mol. The van der Waals surface area contributed by atoms with Gasteiger partial charge in [0.05, 0.1) is 6.61 Å². The number of nitrogens with one attached hydrogen (secondary N) is 2. The normalized spacial score (nSPS) is 12.7. The van der Waals surface area contributed by atoms with Gasteiger partial charge in [0.1, 0.15) is 5.75 Å². The molecule has 0 unspecified atom stereocenters. The minimum atomic E-state index is -0.208. The molecule has 2 N–H and O–H groups in total. The number of carbonyl (C=O) groups is 2. The SMILES string of the molecule is CC(C)C(=O)Nc1ccc(NC(=O)/C=C/c2ccc3c(c2)CCO3)cc1. The van der Waals surface area contributed by atoms with E-state index in [9.17, 15) is 9.59 Å². The quantitative estimate of drug-likeness (QED) is 0.805. The van der Waals surface area contributed by atoms with E-state index in [0.717, 1.165) is 24.3 Å². The summed E-state index contributed by atoms with van der Waals surface area (Å²) in [5.74, 6) is 0.603. The number of fused-ring (bicyclic) bond motifs is 1. The molecule has 0 fully saturated rings. The molecule has 5 heteroatoms. The van der Waals surface area contributed by atoms with Crippen molar-refractivity contribution in [3.63, 3.8) is 0 Å². The van der Waals surface area contributed by atoms with Gasteiger partial charge in [0, 0.05) is 29.8 Å². The highest BCUT2D eigenvalue weighted by Gasteiger charge is 2.11. The number of hydrogen-bond acceptors (Lipinski definition) is 3. The van der Waals surface area contributed by atoms with Crippen LogP contribution in [0.2, 0.25) is 0 Å². The Labute approximate surface area is 153 Å². The van der Waals surface area contributed by atoms with Crippen LogP contribution in [0.3, 0.4) is 0 Å². The van der Waals surface area contributed by atoms with E-state index in [-0.39, 0.29) is 17.7 Å². The third kappa shape index (κ3) is 4.51. The summed E-state index contributed by atoms with van der Waals surface area (Å²) in [7, 11) is 0. The van der Waals surface area contributed by atoms with E-state index in [1.807, 2.05) is 32.0 Å². The van der Waals surface area contributed by atoms with Gasteiger partial charge in [0.25, 0.3) is 0 Å². The summed E-state index contributed by atoms with van der Waals surface area (Å²) < 4.78 is 5.48. The molecular formula is C21H22N2O3. The lowest BCUT2D eigenvalue weighted by Crippen LogP contribution is -2.17. The number of ether oxygens (including phenoxy) is 1. The van der Waals surface area contributed by atoms with Crippen molar-refractivity contribution in [3.8, 4) is 5.75 Å². The summed E-state index contributed by atoms with van der Waals surface area (Å²) in [6.07, 6.45) is 4.19. The number of benzene rings is 2. The van der Waals surface area contributed by atoms with Crippen molar-refractivity contribution in [2.75, 3.05) is 17.2 Å². The Hall–Kier alpha value is -3.08. The van der Waals surface area contributed by atoms with Crippen LogP contribution >= 0.6 is 0 Å². The Bertz CT molecular complexity index is 839. The fraction of sp³-hybridized carbons (Fsp3) is 0.238. The number of carbonyl (C=O) groups excluding carboxylic acids is 2. The van der Waals surface area contributed by atoms with Crippen LogP contribution in [0.1, 0.15) is 25.0 Å². The van der Waals surface area contributed by atoms with Crippen LogP contribution in [-0.2, 0) is 16.0 Å². The number of amides is 2. The number of hydrogen-bond donors (Lipinski definition) is 2. The Morgan fingerprint density at radius 2 is 1.73 bits per heavy atom. The van der Waals surface area contributed by atoms with Gasteiger partial charge >= 0.3 is 0 Å². The molecule has 1 heterocycles.